The van der Waals surface area contributed by atoms with E-state index in [0.29, 0.717) is 22.9 Å². The van der Waals surface area contributed by atoms with Crippen LogP contribution in [0, 0.1) is 0 Å². The molecule has 1 atom stereocenters. The predicted octanol–water partition coefficient (Wildman–Crippen LogP) is 3.81. The Morgan fingerprint density at radius 2 is 2.30 bits per heavy atom. The summed E-state index contributed by atoms with van der Waals surface area (Å²) in [5.74, 6) is 1.23. The van der Waals surface area contributed by atoms with E-state index in [1.165, 1.54) is 0 Å². The molecule has 0 bridgehead atoms. The number of halogens is 1. The van der Waals surface area contributed by atoms with Crippen LogP contribution >= 0.6 is 22.9 Å². The number of aromatic amines is 1. The van der Waals surface area contributed by atoms with Crippen LogP contribution in [-0.4, -0.2) is 42.3 Å². The van der Waals surface area contributed by atoms with Gasteiger partial charge in [0.1, 0.15) is 5.75 Å². The zero-order chi connectivity index (χ0) is 18.8. The molecule has 0 unspecified atom stereocenters. The summed E-state index contributed by atoms with van der Waals surface area (Å²) in [7, 11) is 1.54. The van der Waals surface area contributed by atoms with Crippen LogP contribution in [-0.2, 0) is 0 Å². The fourth-order valence-corrected chi connectivity index (χ4v) is 4.10. The SMILES string of the molecule is COc1ccc(Cl)cc1C(=O)N[C@@H]1CCN(c2cc(-c3cccs3)[nH]n2)C1. The number of nitrogens with one attached hydrogen (secondary N) is 2. The van der Waals surface area contributed by atoms with E-state index in [-0.39, 0.29) is 11.9 Å². The first-order chi connectivity index (χ1) is 13.1. The summed E-state index contributed by atoms with van der Waals surface area (Å²) in [6.07, 6.45) is 0.857. The van der Waals surface area contributed by atoms with Crippen LogP contribution in [0.4, 0.5) is 5.82 Å². The summed E-state index contributed by atoms with van der Waals surface area (Å²) in [6, 6.07) is 11.2. The van der Waals surface area contributed by atoms with Gasteiger partial charge in [-0.25, -0.2) is 0 Å². The summed E-state index contributed by atoms with van der Waals surface area (Å²) in [5.41, 5.74) is 1.46. The van der Waals surface area contributed by atoms with Crippen LogP contribution in [0.15, 0.2) is 41.8 Å². The van der Waals surface area contributed by atoms with Crippen LogP contribution < -0.4 is 15.0 Å². The number of hydrogen-bond acceptors (Lipinski definition) is 5. The van der Waals surface area contributed by atoms with Gasteiger partial charge in [0.15, 0.2) is 5.82 Å². The third-order valence-electron chi connectivity index (χ3n) is 4.60. The Bertz CT molecular complexity index is 941. The third-order valence-corrected chi connectivity index (χ3v) is 5.74. The number of rotatable bonds is 5. The smallest absolute Gasteiger partial charge is 0.255 e. The molecule has 1 amide bonds. The Morgan fingerprint density at radius 1 is 1.41 bits per heavy atom. The summed E-state index contributed by atoms with van der Waals surface area (Å²) in [5, 5.41) is 13.1. The molecule has 1 aliphatic rings. The van der Waals surface area contributed by atoms with E-state index in [4.69, 9.17) is 16.3 Å². The van der Waals surface area contributed by atoms with E-state index in [1.54, 1.807) is 36.6 Å². The number of hydrogen-bond donors (Lipinski definition) is 2. The number of carbonyl (C=O) groups excluding carboxylic acids is 1. The van der Waals surface area contributed by atoms with Gasteiger partial charge in [-0.1, -0.05) is 17.7 Å². The minimum atomic E-state index is -0.178. The van der Waals surface area contributed by atoms with Crippen molar-refractivity contribution in [2.75, 3.05) is 25.1 Å². The molecular formula is C19H19ClN4O2S. The van der Waals surface area contributed by atoms with Crippen molar-refractivity contribution in [2.24, 2.45) is 0 Å². The topological polar surface area (TPSA) is 70.2 Å². The molecule has 2 N–H and O–H groups in total. The van der Waals surface area contributed by atoms with Gasteiger partial charge < -0.3 is 15.0 Å². The lowest BCUT2D eigenvalue weighted by molar-refractivity contribution is 0.0937. The average Bonchev–Trinajstić information content (AvgIpc) is 3.41. The standard InChI is InChI=1S/C19H19ClN4O2S/c1-26-16-5-4-12(20)9-14(16)19(25)21-13-6-7-24(11-13)18-10-15(22-23-18)17-3-2-8-27-17/h2-5,8-10,13H,6-7,11H2,1H3,(H,21,25)(H,22,23)/t13-/m1/s1. The van der Waals surface area contributed by atoms with Crippen molar-refractivity contribution >= 4 is 34.7 Å². The van der Waals surface area contributed by atoms with Crippen LogP contribution in [0.3, 0.4) is 0 Å². The number of methoxy groups -OCH3 is 1. The molecule has 27 heavy (non-hydrogen) atoms. The Labute approximate surface area is 166 Å². The van der Waals surface area contributed by atoms with Crippen molar-refractivity contribution in [3.05, 3.63) is 52.4 Å². The Hall–Kier alpha value is -2.51. The maximum atomic E-state index is 12.6. The summed E-state index contributed by atoms with van der Waals surface area (Å²) < 4.78 is 5.27. The van der Waals surface area contributed by atoms with Gasteiger partial charge in [-0.05, 0) is 36.1 Å². The monoisotopic (exact) mass is 402 g/mol. The molecule has 6 nitrogen and oxygen atoms in total. The van der Waals surface area contributed by atoms with Gasteiger partial charge in [-0.3, -0.25) is 9.89 Å². The molecule has 2 aromatic heterocycles. The first-order valence-electron chi connectivity index (χ1n) is 8.62. The molecule has 0 radical (unpaired) electrons. The molecular weight excluding hydrogens is 384 g/mol. The van der Waals surface area contributed by atoms with Gasteiger partial charge in [0.2, 0.25) is 0 Å². The average molecular weight is 403 g/mol. The van der Waals surface area contributed by atoms with Gasteiger partial charge >= 0.3 is 0 Å². The molecule has 1 aliphatic heterocycles. The number of H-pyrrole nitrogens is 1. The normalized spacial score (nSPS) is 16.5. The van der Waals surface area contributed by atoms with Gasteiger partial charge in [0.25, 0.3) is 5.91 Å². The summed E-state index contributed by atoms with van der Waals surface area (Å²) in [6.45, 7) is 1.55. The largest absolute Gasteiger partial charge is 0.496 e. The fraction of sp³-hybridized carbons (Fsp3) is 0.263. The number of carbonyl (C=O) groups is 1. The van der Waals surface area contributed by atoms with Gasteiger partial charge in [0, 0.05) is 30.2 Å². The summed E-state index contributed by atoms with van der Waals surface area (Å²) >= 11 is 7.70. The lowest BCUT2D eigenvalue weighted by atomic mass is 10.1. The number of thiophene rings is 1. The Morgan fingerprint density at radius 3 is 3.07 bits per heavy atom. The number of anilines is 1. The quantitative estimate of drug-likeness (QED) is 0.680. The van der Waals surface area contributed by atoms with Crippen LogP contribution in [0.5, 0.6) is 5.75 Å². The lowest BCUT2D eigenvalue weighted by Gasteiger charge is -2.17. The molecule has 3 aromatic rings. The molecule has 0 spiro atoms. The van der Waals surface area contributed by atoms with Crippen molar-refractivity contribution in [1.82, 2.24) is 15.5 Å². The highest BCUT2D eigenvalue weighted by Gasteiger charge is 2.27. The molecule has 140 valence electrons. The maximum absolute atomic E-state index is 12.6. The van der Waals surface area contributed by atoms with Gasteiger partial charge in [0.05, 0.1) is 23.2 Å². The maximum Gasteiger partial charge on any atom is 0.255 e. The fourth-order valence-electron chi connectivity index (χ4n) is 3.24. The second kappa shape index (κ2) is 7.62. The lowest BCUT2D eigenvalue weighted by Crippen LogP contribution is -2.37. The molecule has 3 heterocycles. The molecule has 0 aliphatic carbocycles. The molecule has 1 fully saturated rings. The van der Waals surface area contributed by atoms with E-state index in [1.807, 2.05) is 11.4 Å². The molecule has 0 saturated carbocycles. The number of aromatic nitrogens is 2. The first-order valence-corrected chi connectivity index (χ1v) is 9.88. The Balaban J connectivity index is 1.41. The zero-order valence-electron chi connectivity index (χ0n) is 14.7. The highest BCUT2D eigenvalue weighted by atomic mass is 35.5. The van der Waals surface area contributed by atoms with E-state index >= 15 is 0 Å². The van der Waals surface area contributed by atoms with Crippen molar-refractivity contribution < 1.29 is 9.53 Å². The highest BCUT2D eigenvalue weighted by Crippen LogP contribution is 2.28. The number of ether oxygens (including phenoxy) is 1. The Kier molecular flexibility index (Phi) is 5.05. The van der Waals surface area contributed by atoms with Crippen molar-refractivity contribution in [2.45, 2.75) is 12.5 Å². The minimum absolute atomic E-state index is 0.0445. The number of benzene rings is 1. The van der Waals surface area contributed by atoms with Gasteiger partial charge in [-0.15, -0.1) is 11.3 Å². The minimum Gasteiger partial charge on any atom is -0.496 e. The van der Waals surface area contributed by atoms with E-state index < -0.39 is 0 Å². The second-order valence-electron chi connectivity index (χ2n) is 6.37. The van der Waals surface area contributed by atoms with E-state index in [2.05, 4.69) is 32.5 Å². The summed E-state index contributed by atoms with van der Waals surface area (Å²) in [4.78, 5) is 16.0. The molecule has 8 heteroatoms. The molecule has 1 saturated heterocycles. The first kappa shape index (κ1) is 17.9. The third kappa shape index (κ3) is 3.79. The van der Waals surface area contributed by atoms with Crippen LogP contribution in [0.25, 0.3) is 10.6 Å². The van der Waals surface area contributed by atoms with Crippen molar-refractivity contribution in [3.63, 3.8) is 0 Å². The number of nitrogens with zero attached hydrogens (tertiary/aromatic N) is 2. The predicted molar refractivity (Wildman–Crippen MR) is 108 cm³/mol. The van der Waals surface area contributed by atoms with Crippen LogP contribution in [0.1, 0.15) is 16.8 Å². The highest BCUT2D eigenvalue weighted by molar-refractivity contribution is 7.13. The molecule has 4 rings (SSSR count). The van der Waals surface area contributed by atoms with Crippen LogP contribution in [0.2, 0.25) is 5.02 Å². The molecule has 1 aromatic carbocycles. The van der Waals surface area contributed by atoms with E-state index in [9.17, 15) is 4.79 Å². The van der Waals surface area contributed by atoms with Crippen molar-refractivity contribution in [1.29, 1.82) is 0 Å². The second-order valence-corrected chi connectivity index (χ2v) is 7.75. The van der Waals surface area contributed by atoms with Crippen molar-refractivity contribution in [3.8, 4) is 16.3 Å². The van der Waals surface area contributed by atoms with E-state index in [0.717, 1.165) is 29.4 Å². The van der Waals surface area contributed by atoms with Gasteiger partial charge in [-0.2, -0.15) is 5.10 Å². The zero-order valence-corrected chi connectivity index (χ0v) is 16.3. The number of amides is 1.